The first-order valence-electron chi connectivity index (χ1n) is 10.7. The van der Waals surface area contributed by atoms with Gasteiger partial charge in [0, 0.05) is 37.2 Å². The van der Waals surface area contributed by atoms with Crippen LogP contribution in [0.2, 0.25) is 5.02 Å². The molecule has 0 saturated heterocycles. The molecule has 1 aliphatic heterocycles. The van der Waals surface area contributed by atoms with Crippen molar-refractivity contribution in [3.8, 4) is 5.75 Å². The Labute approximate surface area is 194 Å². The Bertz CT molecular complexity index is 960. The summed E-state index contributed by atoms with van der Waals surface area (Å²) in [6, 6.07) is 13.6. The van der Waals surface area contributed by atoms with Crippen LogP contribution >= 0.6 is 11.6 Å². The Kier molecular flexibility index (Phi) is 8.12. The number of nitrogens with zero attached hydrogens (tertiary/aromatic N) is 1. The summed E-state index contributed by atoms with van der Waals surface area (Å²) in [6.45, 7) is 7.32. The Morgan fingerprint density at radius 2 is 1.97 bits per heavy atom. The Hall–Kier alpha value is -2.61. The number of aryl methyl sites for hydroxylation is 1. The van der Waals surface area contributed by atoms with Crippen LogP contribution in [0.1, 0.15) is 37.8 Å². The standard InChI is InChI=1S/C24H31ClN4O3/c1-16-4-9-20(25)22(12-16)32-14-19(30)13-27-24(2,3)15-26-18-7-5-17(6-8-18)21-10-11-23(31)29-28-21/h4-9,12,19,26-27,30H,10-11,13-15H2,1-3H3,(H,29,31). The van der Waals surface area contributed by atoms with Crippen LogP contribution in [0.25, 0.3) is 0 Å². The minimum Gasteiger partial charge on any atom is -0.489 e. The first kappa shape index (κ1) is 24.0. The SMILES string of the molecule is Cc1ccc(Cl)c(OCC(O)CNC(C)(C)CNc2ccc(C3=NNC(=O)CC3)cc2)c1. The lowest BCUT2D eigenvalue weighted by atomic mass is 10.0. The molecule has 0 spiro atoms. The highest BCUT2D eigenvalue weighted by Crippen LogP contribution is 2.25. The third-order valence-corrected chi connectivity index (χ3v) is 5.50. The van der Waals surface area contributed by atoms with Gasteiger partial charge < -0.3 is 20.5 Å². The molecule has 8 heteroatoms. The van der Waals surface area contributed by atoms with E-state index >= 15 is 0 Å². The number of hydrogen-bond donors (Lipinski definition) is 4. The number of halogens is 1. The van der Waals surface area contributed by atoms with E-state index in [1.54, 1.807) is 6.07 Å². The van der Waals surface area contributed by atoms with Crippen LogP contribution < -0.4 is 20.8 Å². The molecule has 2 aromatic carbocycles. The summed E-state index contributed by atoms with van der Waals surface area (Å²) in [4.78, 5) is 11.2. The Balaban J connectivity index is 1.42. The normalized spacial score (nSPS) is 15.0. The summed E-state index contributed by atoms with van der Waals surface area (Å²) in [7, 11) is 0. The monoisotopic (exact) mass is 458 g/mol. The summed E-state index contributed by atoms with van der Waals surface area (Å²) in [5, 5.41) is 21.7. The Morgan fingerprint density at radius 1 is 1.22 bits per heavy atom. The molecule has 1 atom stereocenters. The van der Waals surface area contributed by atoms with Crippen LogP contribution in [-0.2, 0) is 4.79 Å². The number of carbonyl (C=O) groups is 1. The second kappa shape index (κ2) is 10.8. The highest BCUT2D eigenvalue weighted by molar-refractivity contribution is 6.32. The average Bonchev–Trinajstić information content (AvgIpc) is 2.78. The van der Waals surface area contributed by atoms with E-state index in [1.165, 1.54) is 0 Å². The van der Waals surface area contributed by atoms with Crippen LogP contribution in [0.5, 0.6) is 5.75 Å². The van der Waals surface area contributed by atoms with E-state index in [-0.39, 0.29) is 18.1 Å². The van der Waals surface area contributed by atoms with Crippen molar-refractivity contribution in [3.05, 3.63) is 58.6 Å². The van der Waals surface area contributed by atoms with Crippen molar-refractivity contribution in [2.45, 2.75) is 45.3 Å². The topological polar surface area (TPSA) is 95.0 Å². The van der Waals surface area contributed by atoms with E-state index < -0.39 is 6.10 Å². The van der Waals surface area contributed by atoms with E-state index in [9.17, 15) is 9.90 Å². The lowest BCUT2D eigenvalue weighted by molar-refractivity contribution is -0.121. The second-order valence-corrected chi connectivity index (χ2v) is 9.10. The van der Waals surface area contributed by atoms with Crippen molar-refractivity contribution in [2.75, 3.05) is 25.0 Å². The van der Waals surface area contributed by atoms with Crippen molar-refractivity contribution >= 4 is 28.9 Å². The molecule has 7 nitrogen and oxygen atoms in total. The fraction of sp³-hybridized carbons (Fsp3) is 0.417. The fourth-order valence-corrected chi connectivity index (χ4v) is 3.38. The predicted octanol–water partition coefficient (Wildman–Crippen LogP) is 3.48. The van der Waals surface area contributed by atoms with Gasteiger partial charge >= 0.3 is 0 Å². The molecule has 1 amide bonds. The number of benzene rings is 2. The lowest BCUT2D eigenvalue weighted by Crippen LogP contribution is -2.49. The molecule has 0 saturated carbocycles. The van der Waals surface area contributed by atoms with E-state index in [2.05, 4.69) is 35.0 Å². The predicted molar refractivity (Wildman–Crippen MR) is 129 cm³/mol. The van der Waals surface area contributed by atoms with Crippen LogP contribution in [0.4, 0.5) is 5.69 Å². The van der Waals surface area contributed by atoms with E-state index in [1.807, 2.05) is 43.3 Å². The number of rotatable bonds is 10. The van der Waals surface area contributed by atoms with Gasteiger partial charge in [0.05, 0.1) is 10.7 Å². The maximum absolute atomic E-state index is 11.2. The summed E-state index contributed by atoms with van der Waals surface area (Å²) >= 11 is 6.13. The number of nitrogens with one attached hydrogen (secondary N) is 3. The molecule has 0 fully saturated rings. The van der Waals surface area contributed by atoms with Gasteiger partial charge in [-0.15, -0.1) is 0 Å². The summed E-state index contributed by atoms with van der Waals surface area (Å²) < 4.78 is 5.67. The number of hydrogen-bond acceptors (Lipinski definition) is 6. The number of hydrazone groups is 1. The minimum absolute atomic E-state index is 0.0441. The minimum atomic E-state index is -0.665. The van der Waals surface area contributed by atoms with Gasteiger partial charge in [0.2, 0.25) is 5.91 Å². The summed E-state index contributed by atoms with van der Waals surface area (Å²) in [5.74, 6) is 0.536. The molecule has 4 N–H and O–H groups in total. The molecule has 32 heavy (non-hydrogen) atoms. The molecular weight excluding hydrogens is 428 g/mol. The smallest absolute Gasteiger partial charge is 0.240 e. The zero-order chi connectivity index (χ0) is 23.1. The van der Waals surface area contributed by atoms with Crippen LogP contribution in [-0.4, -0.2) is 48.1 Å². The summed E-state index contributed by atoms with van der Waals surface area (Å²) in [6.07, 6.45) is 0.451. The Morgan fingerprint density at radius 3 is 2.66 bits per heavy atom. The first-order valence-corrected chi connectivity index (χ1v) is 11.1. The van der Waals surface area contributed by atoms with Crippen molar-refractivity contribution < 1.29 is 14.6 Å². The molecule has 1 heterocycles. The quantitative estimate of drug-likeness (QED) is 0.437. The van der Waals surface area contributed by atoms with Gasteiger partial charge in [-0.1, -0.05) is 29.8 Å². The molecule has 0 bridgehead atoms. The van der Waals surface area contributed by atoms with Gasteiger partial charge in [-0.3, -0.25) is 4.79 Å². The average molecular weight is 459 g/mol. The van der Waals surface area contributed by atoms with E-state index in [0.717, 1.165) is 22.5 Å². The van der Waals surface area contributed by atoms with Crippen LogP contribution in [0.15, 0.2) is 47.6 Å². The van der Waals surface area contributed by atoms with Crippen molar-refractivity contribution in [1.82, 2.24) is 10.7 Å². The highest BCUT2D eigenvalue weighted by Gasteiger charge is 2.19. The number of β-amino-alcohol motifs (C(OH)–C–C–N with tert-alkyl or cyclic N) is 1. The third kappa shape index (κ3) is 7.22. The summed E-state index contributed by atoms with van der Waals surface area (Å²) in [5.41, 5.74) is 6.21. The molecule has 3 rings (SSSR count). The van der Waals surface area contributed by atoms with Gasteiger partial charge in [-0.2, -0.15) is 5.10 Å². The van der Waals surface area contributed by atoms with Gasteiger partial charge in [-0.05, 0) is 56.2 Å². The van der Waals surface area contributed by atoms with E-state index in [4.69, 9.17) is 16.3 Å². The molecule has 1 aliphatic rings. The molecule has 0 radical (unpaired) electrons. The van der Waals surface area contributed by atoms with Crippen LogP contribution in [0, 0.1) is 6.92 Å². The number of carbonyl (C=O) groups excluding carboxylic acids is 1. The number of amides is 1. The highest BCUT2D eigenvalue weighted by atomic mass is 35.5. The van der Waals surface area contributed by atoms with Crippen molar-refractivity contribution in [3.63, 3.8) is 0 Å². The maximum Gasteiger partial charge on any atom is 0.240 e. The van der Waals surface area contributed by atoms with Crippen molar-refractivity contribution in [2.24, 2.45) is 5.10 Å². The number of aliphatic hydroxyl groups is 1. The zero-order valence-corrected chi connectivity index (χ0v) is 19.5. The lowest BCUT2D eigenvalue weighted by Gasteiger charge is -2.28. The number of aliphatic hydroxyl groups excluding tert-OH is 1. The molecule has 1 unspecified atom stereocenters. The number of ether oxygens (including phenoxy) is 1. The molecule has 0 aliphatic carbocycles. The van der Waals surface area contributed by atoms with Gasteiger partial charge in [-0.25, -0.2) is 5.43 Å². The van der Waals surface area contributed by atoms with Crippen LogP contribution in [0.3, 0.4) is 0 Å². The van der Waals surface area contributed by atoms with Gasteiger partial charge in [0.15, 0.2) is 0 Å². The number of anilines is 1. The van der Waals surface area contributed by atoms with Gasteiger partial charge in [0.25, 0.3) is 0 Å². The molecule has 172 valence electrons. The second-order valence-electron chi connectivity index (χ2n) is 8.69. The van der Waals surface area contributed by atoms with Crippen molar-refractivity contribution in [1.29, 1.82) is 0 Å². The van der Waals surface area contributed by atoms with E-state index in [0.29, 0.717) is 36.7 Å². The maximum atomic E-state index is 11.2. The largest absolute Gasteiger partial charge is 0.489 e. The molecule has 2 aromatic rings. The zero-order valence-electron chi connectivity index (χ0n) is 18.7. The molecular formula is C24H31ClN4O3. The fourth-order valence-electron chi connectivity index (χ4n) is 3.21. The van der Waals surface area contributed by atoms with Gasteiger partial charge in [0.1, 0.15) is 18.5 Å². The first-order chi connectivity index (χ1) is 15.2. The molecule has 0 aromatic heterocycles. The third-order valence-electron chi connectivity index (χ3n) is 5.19.